The predicted octanol–water partition coefficient (Wildman–Crippen LogP) is 4.13. The van der Waals surface area contributed by atoms with Crippen molar-refractivity contribution in [2.24, 2.45) is 5.84 Å². The Labute approximate surface area is 121 Å². The number of hydrogen-bond donors (Lipinski definition) is 2. The fourth-order valence-electron chi connectivity index (χ4n) is 1.70. The quantitative estimate of drug-likeness (QED) is 0.625. The Morgan fingerprint density at radius 1 is 1.29 bits per heavy atom. The van der Waals surface area contributed by atoms with E-state index in [1.165, 1.54) is 16.0 Å². The summed E-state index contributed by atoms with van der Waals surface area (Å²) < 4.78 is 2.14. The molecule has 1 aromatic heterocycles. The third-order valence-electron chi connectivity index (χ3n) is 2.49. The molecule has 1 aromatic carbocycles. The van der Waals surface area contributed by atoms with Crippen molar-refractivity contribution in [1.82, 2.24) is 5.43 Å². The lowest BCUT2D eigenvalue weighted by atomic mass is 10.0. The van der Waals surface area contributed by atoms with Gasteiger partial charge in [-0.15, -0.1) is 11.3 Å². The second kappa shape index (κ2) is 5.63. The zero-order chi connectivity index (χ0) is 12.4. The van der Waals surface area contributed by atoms with E-state index in [1.807, 2.05) is 6.07 Å². The van der Waals surface area contributed by atoms with Crippen molar-refractivity contribution in [2.75, 3.05) is 0 Å². The molecule has 0 radical (unpaired) electrons. The largest absolute Gasteiger partial charge is 0.271 e. The first kappa shape index (κ1) is 13.2. The Morgan fingerprint density at radius 2 is 2.06 bits per heavy atom. The van der Waals surface area contributed by atoms with Crippen LogP contribution in [-0.4, -0.2) is 0 Å². The van der Waals surface area contributed by atoms with Crippen LogP contribution in [0.5, 0.6) is 0 Å². The average molecular weight is 376 g/mol. The molecule has 3 N–H and O–H groups in total. The third kappa shape index (κ3) is 2.98. The monoisotopic (exact) mass is 374 g/mol. The van der Waals surface area contributed by atoms with Crippen LogP contribution in [0, 0.1) is 6.92 Å². The van der Waals surface area contributed by atoms with Crippen LogP contribution < -0.4 is 11.3 Å². The first-order chi connectivity index (χ1) is 8.11. The van der Waals surface area contributed by atoms with Gasteiger partial charge in [0.2, 0.25) is 0 Å². The summed E-state index contributed by atoms with van der Waals surface area (Å²) in [5.74, 6) is 5.67. The summed E-state index contributed by atoms with van der Waals surface area (Å²) in [4.78, 5) is 1.18. The van der Waals surface area contributed by atoms with Crippen LogP contribution in [0.4, 0.5) is 0 Å². The highest BCUT2D eigenvalue weighted by molar-refractivity contribution is 9.13. The molecule has 90 valence electrons. The van der Waals surface area contributed by atoms with Crippen molar-refractivity contribution in [3.05, 3.63) is 54.6 Å². The summed E-state index contributed by atoms with van der Waals surface area (Å²) >= 11 is 8.67. The zero-order valence-corrected chi connectivity index (χ0v) is 13.2. The molecule has 0 saturated carbocycles. The van der Waals surface area contributed by atoms with Crippen molar-refractivity contribution in [3.63, 3.8) is 0 Å². The summed E-state index contributed by atoms with van der Waals surface area (Å²) in [6, 6.07) is 10.5. The fourth-order valence-corrected chi connectivity index (χ4v) is 3.88. The molecule has 0 saturated heterocycles. The maximum absolute atomic E-state index is 5.67. The first-order valence-electron chi connectivity index (χ1n) is 5.09. The van der Waals surface area contributed by atoms with Gasteiger partial charge in [-0.05, 0) is 50.4 Å². The number of aryl methyl sites for hydroxylation is 1. The summed E-state index contributed by atoms with van der Waals surface area (Å²) in [6.45, 7) is 2.08. The van der Waals surface area contributed by atoms with E-state index in [-0.39, 0.29) is 6.04 Å². The van der Waals surface area contributed by atoms with Crippen LogP contribution in [0.1, 0.15) is 22.0 Å². The van der Waals surface area contributed by atoms with Crippen LogP contribution in [0.15, 0.2) is 38.6 Å². The molecule has 0 aliphatic carbocycles. The van der Waals surface area contributed by atoms with E-state index in [1.54, 1.807) is 11.3 Å². The van der Waals surface area contributed by atoms with Crippen molar-refractivity contribution < 1.29 is 0 Å². The van der Waals surface area contributed by atoms with Gasteiger partial charge in [-0.2, -0.15) is 0 Å². The molecule has 5 heteroatoms. The maximum Gasteiger partial charge on any atom is 0.0843 e. The number of hydrogen-bond acceptors (Lipinski definition) is 3. The number of nitrogens with two attached hydrogens (primary N) is 1. The number of rotatable bonds is 3. The topological polar surface area (TPSA) is 38.0 Å². The number of hydrazine groups is 1. The molecule has 1 unspecified atom stereocenters. The van der Waals surface area contributed by atoms with Gasteiger partial charge in [-0.3, -0.25) is 5.84 Å². The smallest absolute Gasteiger partial charge is 0.0843 e. The van der Waals surface area contributed by atoms with Crippen LogP contribution in [0.25, 0.3) is 0 Å². The highest BCUT2D eigenvalue weighted by Crippen LogP contribution is 2.37. The molecule has 17 heavy (non-hydrogen) atoms. The zero-order valence-electron chi connectivity index (χ0n) is 9.21. The third-order valence-corrected chi connectivity index (χ3v) is 5.81. The Hall–Kier alpha value is -0.200. The van der Waals surface area contributed by atoms with E-state index >= 15 is 0 Å². The SMILES string of the molecule is Cc1cccc(C(NN)c2cc(Br)c(Br)s2)c1. The number of halogens is 2. The summed E-state index contributed by atoms with van der Waals surface area (Å²) in [7, 11) is 0. The van der Waals surface area contributed by atoms with E-state index in [0.717, 1.165) is 8.26 Å². The van der Waals surface area contributed by atoms with Gasteiger partial charge < -0.3 is 0 Å². The van der Waals surface area contributed by atoms with Crippen LogP contribution in [0.3, 0.4) is 0 Å². The lowest BCUT2D eigenvalue weighted by molar-refractivity contribution is 0.646. The average Bonchev–Trinajstić information content (AvgIpc) is 2.60. The van der Waals surface area contributed by atoms with Gasteiger partial charge in [-0.25, -0.2) is 5.43 Å². The number of nitrogens with one attached hydrogen (secondary N) is 1. The highest BCUT2D eigenvalue weighted by atomic mass is 79.9. The van der Waals surface area contributed by atoms with Gasteiger partial charge in [0.05, 0.1) is 9.83 Å². The van der Waals surface area contributed by atoms with Gasteiger partial charge >= 0.3 is 0 Å². The number of benzene rings is 1. The second-order valence-corrected chi connectivity index (χ2v) is 7.04. The van der Waals surface area contributed by atoms with Gasteiger partial charge in [0.15, 0.2) is 0 Å². The molecule has 0 aliphatic heterocycles. The predicted molar refractivity (Wildman–Crippen MR) is 80.1 cm³/mol. The Bertz CT molecular complexity index is 505. The number of thiophene rings is 1. The lowest BCUT2D eigenvalue weighted by Gasteiger charge is -2.15. The van der Waals surface area contributed by atoms with Gasteiger partial charge in [0, 0.05) is 9.35 Å². The minimum Gasteiger partial charge on any atom is -0.271 e. The maximum atomic E-state index is 5.67. The van der Waals surface area contributed by atoms with E-state index in [2.05, 4.69) is 68.5 Å². The summed E-state index contributed by atoms with van der Waals surface area (Å²) in [5.41, 5.74) is 5.28. The van der Waals surface area contributed by atoms with Crippen molar-refractivity contribution in [3.8, 4) is 0 Å². The Balaban J connectivity index is 2.39. The first-order valence-corrected chi connectivity index (χ1v) is 7.49. The molecule has 0 spiro atoms. The molecular formula is C12H12Br2N2S. The Kier molecular flexibility index (Phi) is 4.38. The van der Waals surface area contributed by atoms with E-state index in [9.17, 15) is 0 Å². The van der Waals surface area contributed by atoms with Crippen molar-refractivity contribution in [1.29, 1.82) is 0 Å². The lowest BCUT2D eigenvalue weighted by Crippen LogP contribution is -2.28. The van der Waals surface area contributed by atoms with E-state index in [4.69, 9.17) is 5.84 Å². The van der Waals surface area contributed by atoms with Crippen LogP contribution >= 0.6 is 43.2 Å². The fraction of sp³-hybridized carbons (Fsp3) is 0.167. The molecule has 2 nitrogen and oxygen atoms in total. The molecule has 0 bridgehead atoms. The minimum atomic E-state index is 0.0301. The second-order valence-electron chi connectivity index (χ2n) is 3.78. The van der Waals surface area contributed by atoms with E-state index in [0.29, 0.717) is 0 Å². The van der Waals surface area contributed by atoms with Gasteiger partial charge in [-0.1, -0.05) is 29.8 Å². The van der Waals surface area contributed by atoms with Crippen LogP contribution in [0.2, 0.25) is 0 Å². The molecule has 0 aliphatic rings. The normalized spacial score (nSPS) is 12.7. The van der Waals surface area contributed by atoms with Crippen LogP contribution in [-0.2, 0) is 0 Å². The molecule has 1 heterocycles. The van der Waals surface area contributed by atoms with Crippen molar-refractivity contribution in [2.45, 2.75) is 13.0 Å². The summed E-state index contributed by atoms with van der Waals surface area (Å²) in [5, 5.41) is 0. The molecule has 2 aromatic rings. The van der Waals surface area contributed by atoms with Gasteiger partial charge in [0.1, 0.15) is 0 Å². The molecule has 1 atom stereocenters. The standard InChI is InChI=1S/C12H12Br2N2S/c1-7-3-2-4-8(5-7)11(16-15)10-6-9(13)12(14)17-10/h2-6,11,16H,15H2,1H3. The molecule has 2 rings (SSSR count). The molecule has 0 fully saturated rings. The highest BCUT2D eigenvalue weighted by Gasteiger charge is 2.16. The summed E-state index contributed by atoms with van der Waals surface area (Å²) in [6.07, 6.45) is 0. The molecular weight excluding hydrogens is 364 g/mol. The minimum absolute atomic E-state index is 0.0301. The molecule has 0 amide bonds. The van der Waals surface area contributed by atoms with Gasteiger partial charge in [0.25, 0.3) is 0 Å². The van der Waals surface area contributed by atoms with E-state index < -0.39 is 0 Å². The Morgan fingerprint density at radius 3 is 2.59 bits per heavy atom. The van der Waals surface area contributed by atoms with Crippen molar-refractivity contribution >= 4 is 43.2 Å².